The lowest BCUT2D eigenvalue weighted by Gasteiger charge is -2.13. The lowest BCUT2D eigenvalue weighted by molar-refractivity contribution is 0.170. The van der Waals surface area contributed by atoms with Gasteiger partial charge in [-0.05, 0) is 24.6 Å². The zero-order valence-corrected chi connectivity index (χ0v) is 14.7. The van der Waals surface area contributed by atoms with Crippen molar-refractivity contribution in [3.05, 3.63) is 41.5 Å². The van der Waals surface area contributed by atoms with Gasteiger partial charge in [0.1, 0.15) is 6.04 Å². The first kappa shape index (κ1) is 17.8. The van der Waals surface area contributed by atoms with Gasteiger partial charge in [0.05, 0.1) is 7.11 Å². The lowest BCUT2D eigenvalue weighted by atomic mass is 9.96. The van der Waals surface area contributed by atoms with Crippen molar-refractivity contribution in [2.45, 2.75) is 45.7 Å². The van der Waals surface area contributed by atoms with Crippen molar-refractivity contribution in [2.75, 3.05) is 12.4 Å². The number of ether oxygens (including phenoxy) is 1. The molecule has 2 rings (SSSR count). The van der Waals surface area contributed by atoms with Crippen molar-refractivity contribution in [1.82, 2.24) is 15.5 Å². The largest absolute Gasteiger partial charge is 0.453 e. The van der Waals surface area contributed by atoms with E-state index in [1.807, 2.05) is 52.0 Å². The normalized spacial score (nSPS) is 12.5. The van der Waals surface area contributed by atoms with Gasteiger partial charge in [-0.1, -0.05) is 38.1 Å². The highest BCUT2D eigenvalue weighted by Crippen LogP contribution is 2.23. The third-order valence-corrected chi connectivity index (χ3v) is 3.44. The number of benzene rings is 1. The van der Waals surface area contributed by atoms with Crippen molar-refractivity contribution >= 4 is 11.8 Å². The molecule has 0 aliphatic heterocycles. The zero-order chi connectivity index (χ0) is 17.7. The number of hydrogen-bond donors (Lipinski definition) is 2. The number of hydrogen-bond acceptors (Lipinski definition) is 6. The first-order chi connectivity index (χ1) is 11.3. The maximum absolute atomic E-state index is 11.1. The zero-order valence-electron chi connectivity index (χ0n) is 14.7. The Hall–Kier alpha value is -2.57. The van der Waals surface area contributed by atoms with Gasteiger partial charge < -0.3 is 19.9 Å². The summed E-state index contributed by atoms with van der Waals surface area (Å²) in [5.41, 5.74) is 1.77. The molecule has 0 bridgehead atoms. The Bertz CT molecular complexity index is 674. The van der Waals surface area contributed by atoms with Crippen LogP contribution >= 0.6 is 0 Å². The Kier molecular flexibility index (Phi) is 5.43. The Morgan fingerprint density at radius 1 is 1.29 bits per heavy atom. The highest BCUT2D eigenvalue weighted by molar-refractivity contribution is 5.66. The van der Waals surface area contributed by atoms with Gasteiger partial charge in [-0.25, -0.2) is 4.79 Å². The smallest absolute Gasteiger partial charge is 0.407 e. The molecule has 1 atom stereocenters. The second-order valence-electron chi connectivity index (χ2n) is 6.61. The number of carbonyl (C=O) groups excluding carboxylic acids is 1. The summed E-state index contributed by atoms with van der Waals surface area (Å²) in [6, 6.07) is 7.63. The van der Waals surface area contributed by atoms with Crippen LogP contribution in [0.15, 0.2) is 28.8 Å². The molecule has 0 saturated carbocycles. The molecule has 1 amide bonds. The number of alkyl carbamates (subject to hydrolysis) is 1. The molecule has 24 heavy (non-hydrogen) atoms. The van der Waals surface area contributed by atoms with Gasteiger partial charge in [0, 0.05) is 17.6 Å². The van der Waals surface area contributed by atoms with E-state index in [1.165, 1.54) is 7.11 Å². The van der Waals surface area contributed by atoms with Crippen molar-refractivity contribution < 1.29 is 14.1 Å². The van der Waals surface area contributed by atoms with Gasteiger partial charge in [0.25, 0.3) is 0 Å². The Balaban J connectivity index is 1.95. The summed E-state index contributed by atoms with van der Waals surface area (Å²) < 4.78 is 9.88. The standard InChI is InChI=1S/C17H24N4O3/c1-11(14-20-15(21-24-14)17(2,3)4)19-13-8-6-12(7-9-13)10-18-16(22)23-5/h6-9,11,19H,10H2,1-5H3,(H,18,22). The summed E-state index contributed by atoms with van der Waals surface area (Å²) in [7, 11) is 1.34. The summed E-state index contributed by atoms with van der Waals surface area (Å²) in [5.74, 6) is 1.24. The van der Waals surface area contributed by atoms with E-state index in [0.29, 0.717) is 18.3 Å². The minimum Gasteiger partial charge on any atom is -0.453 e. The number of rotatable bonds is 5. The fraction of sp³-hybridized carbons (Fsp3) is 0.471. The van der Waals surface area contributed by atoms with Crippen molar-refractivity contribution in [3.63, 3.8) is 0 Å². The summed E-state index contributed by atoms with van der Waals surface area (Å²) in [6.45, 7) is 8.51. The van der Waals surface area contributed by atoms with Crippen LogP contribution in [0.25, 0.3) is 0 Å². The third kappa shape index (κ3) is 4.71. The molecule has 0 radical (unpaired) electrons. The molecule has 0 spiro atoms. The monoisotopic (exact) mass is 332 g/mol. The highest BCUT2D eigenvalue weighted by Gasteiger charge is 2.23. The Morgan fingerprint density at radius 3 is 2.50 bits per heavy atom. The van der Waals surface area contributed by atoms with Crippen LogP contribution in [0.2, 0.25) is 0 Å². The van der Waals surface area contributed by atoms with Crippen LogP contribution in [-0.2, 0) is 16.7 Å². The average molecular weight is 332 g/mol. The number of carbonyl (C=O) groups is 1. The maximum atomic E-state index is 11.1. The molecule has 2 aromatic rings. The quantitative estimate of drug-likeness (QED) is 0.872. The molecular weight excluding hydrogens is 308 g/mol. The van der Waals surface area contributed by atoms with Crippen molar-refractivity contribution in [1.29, 1.82) is 0 Å². The van der Waals surface area contributed by atoms with Gasteiger partial charge in [0.2, 0.25) is 5.89 Å². The van der Waals surface area contributed by atoms with Crippen LogP contribution in [0.3, 0.4) is 0 Å². The van der Waals surface area contributed by atoms with E-state index in [0.717, 1.165) is 11.3 Å². The predicted octanol–water partition coefficient (Wildman–Crippen LogP) is 3.40. The van der Waals surface area contributed by atoms with Gasteiger partial charge in [0.15, 0.2) is 5.82 Å². The molecule has 7 nitrogen and oxygen atoms in total. The summed E-state index contributed by atoms with van der Waals surface area (Å²) >= 11 is 0. The first-order valence-electron chi connectivity index (χ1n) is 7.81. The molecule has 2 N–H and O–H groups in total. The second kappa shape index (κ2) is 7.33. The number of anilines is 1. The van der Waals surface area contributed by atoms with Crippen molar-refractivity contribution in [2.24, 2.45) is 0 Å². The molecule has 0 fully saturated rings. The number of nitrogens with zero attached hydrogens (tertiary/aromatic N) is 2. The molecule has 1 unspecified atom stereocenters. The van der Waals surface area contributed by atoms with E-state index in [1.54, 1.807) is 0 Å². The van der Waals surface area contributed by atoms with E-state index >= 15 is 0 Å². The minimum atomic E-state index is -0.447. The highest BCUT2D eigenvalue weighted by atomic mass is 16.5. The molecule has 1 aromatic carbocycles. The SMILES string of the molecule is COC(=O)NCc1ccc(NC(C)c2nc(C(C)(C)C)no2)cc1. The van der Waals surface area contributed by atoms with Gasteiger partial charge in [-0.15, -0.1) is 0 Å². The molecule has 7 heteroatoms. The summed E-state index contributed by atoms with van der Waals surface area (Å²) in [5, 5.41) is 9.99. The molecule has 1 heterocycles. The van der Waals surface area contributed by atoms with E-state index < -0.39 is 6.09 Å². The van der Waals surface area contributed by atoms with Gasteiger partial charge in [-0.3, -0.25) is 0 Å². The predicted molar refractivity (Wildman–Crippen MR) is 90.7 cm³/mol. The van der Waals surface area contributed by atoms with Crippen LogP contribution in [0, 0.1) is 0 Å². The van der Waals surface area contributed by atoms with Gasteiger partial charge >= 0.3 is 6.09 Å². The topological polar surface area (TPSA) is 89.3 Å². The Morgan fingerprint density at radius 2 is 1.96 bits per heavy atom. The van der Waals surface area contributed by atoms with E-state index in [4.69, 9.17) is 4.52 Å². The number of methoxy groups -OCH3 is 1. The van der Waals surface area contributed by atoms with E-state index in [9.17, 15) is 4.79 Å². The maximum Gasteiger partial charge on any atom is 0.407 e. The molecule has 0 aliphatic carbocycles. The van der Waals surface area contributed by atoms with Gasteiger partial charge in [-0.2, -0.15) is 4.98 Å². The van der Waals surface area contributed by atoms with Crippen LogP contribution in [0.5, 0.6) is 0 Å². The summed E-state index contributed by atoms with van der Waals surface area (Å²) in [4.78, 5) is 15.5. The average Bonchev–Trinajstić information content (AvgIpc) is 3.04. The molecular formula is C17H24N4O3. The molecule has 1 aromatic heterocycles. The fourth-order valence-electron chi connectivity index (χ4n) is 1.99. The van der Waals surface area contributed by atoms with E-state index in [-0.39, 0.29) is 11.5 Å². The van der Waals surface area contributed by atoms with Crippen LogP contribution in [0.1, 0.15) is 51.0 Å². The minimum absolute atomic E-state index is 0.104. The number of nitrogens with one attached hydrogen (secondary N) is 2. The third-order valence-electron chi connectivity index (χ3n) is 3.44. The van der Waals surface area contributed by atoms with Crippen LogP contribution in [-0.4, -0.2) is 23.3 Å². The van der Waals surface area contributed by atoms with E-state index in [2.05, 4.69) is 25.5 Å². The van der Waals surface area contributed by atoms with Crippen LogP contribution in [0.4, 0.5) is 10.5 Å². The molecule has 0 saturated heterocycles. The molecule has 130 valence electrons. The fourth-order valence-corrected chi connectivity index (χ4v) is 1.99. The number of aromatic nitrogens is 2. The van der Waals surface area contributed by atoms with Crippen molar-refractivity contribution in [3.8, 4) is 0 Å². The number of amides is 1. The molecule has 0 aliphatic rings. The summed E-state index contributed by atoms with van der Waals surface area (Å²) in [6.07, 6.45) is -0.447. The lowest BCUT2D eigenvalue weighted by Crippen LogP contribution is -2.22. The first-order valence-corrected chi connectivity index (χ1v) is 7.81. The second-order valence-corrected chi connectivity index (χ2v) is 6.61. The van der Waals surface area contributed by atoms with Crippen LogP contribution < -0.4 is 10.6 Å². The Labute approximate surface area is 141 Å².